The van der Waals surface area contributed by atoms with Crippen molar-refractivity contribution in [2.45, 2.75) is 25.1 Å². The van der Waals surface area contributed by atoms with Crippen LogP contribution in [-0.2, 0) is 6.42 Å². The molecule has 3 heteroatoms. The second-order valence-electron chi connectivity index (χ2n) is 6.26. The molecular formula is C20H19Cl2O. The smallest absolute Gasteiger partial charge is 0.127 e. The minimum absolute atomic E-state index is 0.0956. The first-order valence-corrected chi connectivity index (χ1v) is 8.53. The number of para-hydroxylation sites is 1. The Labute approximate surface area is 147 Å². The Bertz CT molecular complexity index is 705. The first-order chi connectivity index (χ1) is 11.0. The Morgan fingerprint density at radius 3 is 2.39 bits per heavy atom. The van der Waals surface area contributed by atoms with Crippen molar-refractivity contribution in [3.8, 4) is 11.5 Å². The minimum Gasteiger partial charge on any atom is -0.457 e. The summed E-state index contributed by atoms with van der Waals surface area (Å²) >= 11 is 11.8. The predicted molar refractivity (Wildman–Crippen MR) is 97.3 cm³/mol. The molecule has 2 aromatic carbocycles. The van der Waals surface area contributed by atoms with Gasteiger partial charge in [0.25, 0.3) is 0 Å². The first-order valence-electron chi connectivity index (χ1n) is 7.66. The van der Waals surface area contributed by atoms with E-state index in [1.54, 1.807) is 0 Å². The quantitative estimate of drug-likeness (QED) is 0.572. The van der Waals surface area contributed by atoms with Crippen molar-refractivity contribution in [2.24, 2.45) is 5.41 Å². The molecule has 0 aliphatic heterocycles. The Morgan fingerprint density at radius 1 is 1.00 bits per heavy atom. The standard InChI is InChI=1S/C20H19Cl2O/c1-20(2)17(18(20)13-19(21)22)12-14-7-6-10-16(11-14)23-15-8-4-3-5-9-15/h3-11,13,19H,12H2,1-2H3. The number of hydrogen-bond acceptors (Lipinski definition) is 1. The summed E-state index contributed by atoms with van der Waals surface area (Å²) in [6.45, 7) is 4.41. The van der Waals surface area contributed by atoms with E-state index in [1.807, 2.05) is 48.5 Å². The van der Waals surface area contributed by atoms with Gasteiger partial charge in [0, 0.05) is 5.92 Å². The Kier molecular flexibility index (Phi) is 4.70. The fourth-order valence-electron chi connectivity index (χ4n) is 2.88. The van der Waals surface area contributed by atoms with Crippen LogP contribution in [0.5, 0.6) is 11.5 Å². The second-order valence-corrected chi connectivity index (χ2v) is 7.42. The van der Waals surface area contributed by atoms with Gasteiger partial charge in [0.2, 0.25) is 0 Å². The summed E-state index contributed by atoms with van der Waals surface area (Å²) in [7, 11) is 0. The van der Waals surface area contributed by atoms with Crippen molar-refractivity contribution in [2.75, 3.05) is 0 Å². The van der Waals surface area contributed by atoms with E-state index in [0.29, 0.717) is 0 Å². The maximum atomic E-state index is 5.90. The molecule has 0 amide bonds. The van der Waals surface area contributed by atoms with E-state index in [0.717, 1.165) is 17.9 Å². The second kappa shape index (κ2) is 6.59. The van der Waals surface area contributed by atoms with Crippen molar-refractivity contribution >= 4 is 23.2 Å². The summed E-state index contributed by atoms with van der Waals surface area (Å²) in [6.07, 6.45) is 2.83. The molecule has 3 rings (SSSR count). The maximum Gasteiger partial charge on any atom is 0.127 e. The van der Waals surface area contributed by atoms with Crippen LogP contribution < -0.4 is 4.74 Å². The van der Waals surface area contributed by atoms with Gasteiger partial charge in [-0.2, -0.15) is 0 Å². The lowest BCUT2D eigenvalue weighted by molar-refractivity contribution is 0.482. The van der Waals surface area contributed by atoms with Gasteiger partial charge in [-0.3, -0.25) is 0 Å². The van der Waals surface area contributed by atoms with Crippen LogP contribution in [0.4, 0.5) is 0 Å². The summed E-state index contributed by atoms with van der Waals surface area (Å²) in [5, 5.41) is 0. The van der Waals surface area contributed by atoms with Crippen LogP contribution in [0.2, 0.25) is 0 Å². The van der Waals surface area contributed by atoms with Gasteiger partial charge in [-0.15, -0.1) is 23.2 Å². The van der Waals surface area contributed by atoms with E-state index in [2.05, 4.69) is 26.0 Å². The number of benzene rings is 2. The highest BCUT2D eigenvalue weighted by Gasteiger charge is 2.52. The first kappa shape index (κ1) is 16.4. The summed E-state index contributed by atoms with van der Waals surface area (Å²) < 4.78 is 5.90. The monoisotopic (exact) mass is 345 g/mol. The molecule has 0 saturated heterocycles. The normalized spacial score (nSPS) is 18.4. The average molecular weight is 346 g/mol. The van der Waals surface area contributed by atoms with Crippen molar-refractivity contribution < 1.29 is 4.74 Å². The molecule has 0 aromatic heterocycles. The predicted octanol–water partition coefficient (Wildman–Crippen LogP) is 6.37. The third kappa shape index (κ3) is 3.91. The zero-order chi connectivity index (χ0) is 16.4. The van der Waals surface area contributed by atoms with E-state index in [4.69, 9.17) is 27.9 Å². The lowest BCUT2D eigenvalue weighted by atomic mass is 10.0. The highest BCUT2D eigenvalue weighted by molar-refractivity contribution is 6.45. The van der Waals surface area contributed by atoms with Gasteiger partial charge in [-0.1, -0.05) is 55.8 Å². The van der Waals surface area contributed by atoms with E-state index < -0.39 is 4.84 Å². The van der Waals surface area contributed by atoms with Gasteiger partial charge in [0.15, 0.2) is 0 Å². The Hall–Kier alpha value is -1.44. The van der Waals surface area contributed by atoms with Gasteiger partial charge >= 0.3 is 0 Å². The molecule has 0 unspecified atom stereocenters. The van der Waals surface area contributed by atoms with Crippen LogP contribution in [0.3, 0.4) is 0 Å². The number of halogens is 2. The molecule has 1 saturated carbocycles. The molecule has 1 aliphatic rings. The zero-order valence-corrected chi connectivity index (χ0v) is 14.7. The van der Waals surface area contributed by atoms with Gasteiger partial charge in [0.1, 0.15) is 16.3 Å². The number of hydrogen-bond donors (Lipinski definition) is 0. The van der Waals surface area contributed by atoms with Crippen molar-refractivity contribution in [1.82, 2.24) is 0 Å². The van der Waals surface area contributed by atoms with Gasteiger partial charge in [-0.25, -0.2) is 0 Å². The molecule has 1 nitrogen and oxygen atoms in total. The fourth-order valence-corrected chi connectivity index (χ4v) is 3.13. The third-order valence-electron chi connectivity index (χ3n) is 4.24. The summed E-state index contributed by atoms with van der Waals surface area (Å²) in [5.74, 6) is 3.09. The SMILES string of the molecule is CC1(C)[C](Cc2cccc(Oc3ccccc3)c2)C1=CC(Cl)Cl. The molecule has 1 aliphatic carbocycles. The molecule has 0 spiro atoms. The van der Waals surface area contributed by atoms with Gasteiger partial charge in [-0.05, 0) is 41.7 Å². The summed E-state index contributed by atoms with van der Waals surface area (Å²) in [5.41, 5.74) is 2.59. The van der Waals surface area contributed by atoms with Crippen LogP contribution in [0.15, 0.2) is 66.2 Å². The minimum atomic E-state index is -0.450. The zero-order valence-electron chi connectivity index (χ0n) is 13.2. The third-order valence-corrected chi connectivity index (χ3v) is 4.49. The number of rotatable bonds is 5. The molecule has 119 valence electrons. The molecule has 2 aromatic rings. The van der Waals surface area contributed by atoms with E-state index >= 15 is 0 Å². The lowest BCUT2D eigenvalue weighted by Crippen LogP contribution is -1.93. The summed E-state index contributed by atoms with van der Waals surface area (Å²) in [6, 6.07) is 18.0. The van der Waals surface area contributed by atoms with Crippen molar-refractivity contribution in [1.29, 1.82) is 0 Å². The van der Waals surface area contributed by atoms with Crippen LogP contribution in [-0.4, -0.2) is 4.84 Å². The largest absolute Gasteiger partial charge is 0.457 e. The number of alkyl halides is 2. The summed E-state index contributed by atoms with van der Waals surface area (Å²) in [4.78, 5) is -0.450. The van der Waals surface area contributed by atoms with Crippen LogP contribution in [0.1, 0.15) is 19.4 Å². The highest BCUT2D eigenvalue weighted by atomic mass is 35.5. The molecule has 0 atom stereocenters. The molecule has 1 fully saturated rings. The molecule has 23 heavy (non-hydrogen) atoms. The van der Waals surface area contributed by atoms with Gasteiger partial charge < -0.3 is 4.74 Å². The fraction of sp³-hybridized carbons (Fsp3) is 0.250. The molecule has 0 N–H and O–H groups in total. The van der Waals surface area contributed by atoms with Crippen molar-refractivity contribution in [3.05, 3.63) is 77.7 Å². The highest BCUT2D eigenvalue weighted by Crippen LogP contribution is 2.61. The maximum absolute atomic E-state index is 5.90. The Balaban J connectivity index is 1.72. The molecule has 0 bridgehead atoms. The molecular weight excluding hydrogens is 327 g/mol. The molecule has 0 heterocycles. The van der Waals surface area contributed by atoms with E-state index in [-0.39, 0.29) is 5.41 Å². The van der Waals surface area contributed by atoms with Gasteiger partial charge in [0.05, 0.1) is 0 Å². The lowest BCUT2D eigenvalue weighted by Gasteiger charge is -2.08. The van der Waals surface area contributed by atoms with Crippen LogP contribution >= 0.6 is 23.2 Å². The topological polar surface area (TPSA) is 9.23 Å². The Morgan fingerprint density at radius 2 is 1.70 bits per heavy atom. The van der Waals surface area contributed by atoms with E-state index in [9.17, 15) is 0 Å². The average Bonchev–Trinajstić information content (AvgIpc) is 3.00. The van der Waals surface area contributed by atoms with Crippen LogP contribution in [0, 0.1) is 11.3 Å². The molecule has 1 radical (unpaired) electrons. The van der Waals surface area contributed by atoms with Crippen LogP contribution in [0.25, 0.3) is 0 Å². The van der Waals surface area contributed by atoms with E-state index in [1.165, 1.54) is 17.1 Å². The van der Waals surface area contributed by atoms with Crippen molar-refractivity contribution in [3.63, 3.8) is 0 Å². The number of allylic oxidation sites excluding steroid dienone is 2. The number of ether oxygens (including phenoxy) is 1.